The minimum Gasteiger partial charge on any atom is -0.476 e. The summed E-state index contributed by atoms with van der Waals surface area (Å²) in [4.78, 5) is 18.2. The molecule has 0 amide bonds. The van der Waals surface area contributed by atoms with Gasteiger partial charge in [-0.1, -0.05) is 25.4 Å². The van der Waals surface area contributed by atoms with Crippen molar-refractivity contribution in [2.24, 2.45) is 0 Å². The summed E-state index contributed by atoms with van der Waals surface area (Å²) in [6, 6.07) is 0. The average Bonchev–Trinajstić information content (AvgIpc) is 2.09. The number of aromatic carboxylic acids is 1. The summed E-state index contributed by atoms with van der Waals surface area (Å²) in [6.45, 7) is 3.92. The number of carboxylic acid groups (broad SMARTS) is 1. The van der Waals surface area contributed by atoms with Gasteiger partial charge >= 0.3 is 5.97 Å². The molecule has 5 nitrogen and oxygen atoms in total. The molecule has 0 saturated heterocycles. The van der Waals surface area contributed by atoms with Crippen LogP contribution in [0.15, 0.2) is 5.03 Å². The molecule has 0 bridgehead atoms. The van der Waals surface area contributed by atoms with Gasteiger partial charge in [0, 0.05) is 5.25 Å². The lowest BCUT2D eigenvalue weighted by atomic mass is 10.4. The summed E-state index contributed by atoms with van der Waals surface area (Å²) in [5, 5.41) is 9.51. The Morgan fingerprint density at radius 3 is 2.60 bits per heavy atom. The van der Waals surface area contributed by atoms with Crippen LogP contribution in [0, 0.1) is 0 Å². The molecule has 7 heteroatoms. The molecule has 0 aliphatic heterocycles. The molecule has 0 saturated carbocycles. The molecule has 0 aromatic carbocycles. The number of nitrogen functional groups attached to an aromatic ring is 1. The maximum atomic E-state index is 10.7. The molecule has 0 aliphatic rings. The third-order valence-electron chi connectivity index (χ3n) is 1.40. The van der Waals surface area contributed by atoms with Gasteiger partial charge in [0.25, 0.3) is 0 Å². The Morgan fingerprint density at radius 1 is 1.53 bits per heavy atom. The van der Waals surface area contributed by atoms with E-state index in [1.165, 1.54) is 11.8 Å². The Balaban J connectivity index is 3.13. The van der Waals surface area contributed by atoms with Gasteiger partial charge in [0.1, 0.15) is 5.03 Å². The van der Waals surface area contributed by atoms with Crippen molar-refractivity contribution >= 4 is 35.1 Å². The molecule has 82 valence electrons. The first-order valence-electron chi connectivity index (χ1n) is 4.14. The molecule has 0 radical (unpaired) electrons. The van der Waals surface area contributed by atoms with E-state index >= 15 is 0 Å². The van der Waals surface area contributed by atoms with Gasteiger partial charge < -0.3 is 10.8 Å². The van der Waals surface area contributed by atoms with E-state index in [2.05, 4.69) is 9.97 Å². The number of carbonyl (C=O) groups is 1. The quantitative estimate of drug-likeness (QED) is 0.793. The van der Waals surface area contributed by atoms with E-state index in [0.717, 1.165) is 0 Å². The fraction of sp³-hybridized carbons (Fsp3) is 0.375. The number of hydrogen-bond acceptors (Lipinski definition) is 5. The second-order valence-corrected chi connectivity index (χ2v) is 4.95. The van der Waals surface area contributed by atoms with Crippen LogP contribution in [0.2, 0.25) is 5.15 Å². The molecule has 0 aliphatic carbocycles. The Hall–Kier alpha value is -1.01. The maximum Gasteiger partial charge on any atom is 0.358 e. The molecule has 0 unspecified atom stereocenters. The normalized spacial score (nSPS) is 10.7. The van der Waals surface area contributed by atoms with E-state index in [-0.39, 0.29) is 21.9 Å². The Labute approximate surface area is 96.1 Å². The van der Waals surface area contributed by atoms with Crippen LogP contribution in [0.25, 0.3) is 0 Å². The monoisotopic (exact) mass is 247 g/mol. The second-order valence-electron chi connectivity index (χ2n) is 3.03. The summed E-state index contributed by atoms with van der Waals surface area (Å²) in [6.07, 6.45) is 0. The highest BCUT2D eigenvalue weighted by molar-refractivity contribution is 7.99. The summed E-state index contributed by atoms with van der Waals surface area (Å²) in [5.41, 5.74) is 5.13. The van der Waals surface area contributed by atoms with Crippen LogP contribution >= 0.6 is 23.4 Å². The number of nitrogens with zero attached hydrogens (tertiary/aromatic N) is 2. The second kappa shape index (κ2) is 4.67. The molecule has 3 N–H and O–H groups in total. The van der Waals surface area contributed by atoms with Crippen LogP contribution < -0.4 is 5.73 Å². The van der Waals surface area contributed by atoms with Crippen LogP contribution in [-0.4, -0.2) is 26.3 Å². The first kappa shape index (κ1) is 12.1. The molecular weight excluding hydrogens is 238 g/mol. The number of rotatable bonds is 3. The van der Waals surface area contributed by atoms with Gasteiger partial charge in [-0.05, 0) is 0 Å². The molecule has 0 atom stereocenters. The number of carboxylic acids is 1. The lowest BCUT2D eigenvalue weighted by Crippen LogP contribution is -2.09. The van der Waals surface area contributed by atoms with E-state index in [9.17, 15) is 4.79 Å². The fourth-order valence-electron chi connectivity index (χ4n) is 0.867. The number of nitrogens with two attached hydrogens (primary N) is 1. The van der Waals surface area contributed by atoms with Gasteiger partial charge in [-0.25, -0.2) is 14.8 Å². The van der Waals surface area contributed by atoms with Crippen molar-refractivity contribution in [2.75, 3.05) is 5.73 Å². The van der Waals surface area contributed by atoms with Crippen LogP contribution in [0.3, 0.4) is 0 Å². The predicted octanol–water partition coefficient (Wildman–Crippen LogP) is 1.91. The van der Waals surface area contributed by atoms with Crippen LogP contribution in [0.4, 0.5) is 5.82 Å². The standard InChI is InChI=1S/C8H10ClN3O2S/c1-3(2)15-7-5(9)11-4(8(13)14)6(10)12-7/h3H,1-2H3,(H2,10,12)(H,13,14). The van der Waals surface area contributed by atoms with Gasteiger partial charge in [-0.15, -0.1) is 11.8 Å². The smallest absolute Gasteiger partial charge is 0.358 e. The summed E-state index contributed by atoms with van der Waals surface area (Å²) < 4.78 is 0. The fourth-order valence-corrected chi connectivity index (χ4v) is 1.87. The van der Waals surface area contributed by atoms with Crippen molar-refractivity contribution in [3.63, 3.8) is 0 Å². The third-order valence-corrected chi connectivity index (χ3v) is 2.76. The van der Waals surface area contributed by atoms with Crippen molar-refractivity contribution < 1.29 is 9.90 Å². The lowest BCUT2D eigenvalue weighted by Gasteiger charge is -2.07. The number of aromatic nitrogens is 2. The minimum absolute atomic E-state index is 0.0697. The molecule has 0 spiro atoms. The zero-order valence-corrected chi connectivity index (χ0v) is 9.76. The molecule has 1 aromatic rings. The number of thioether (sulfide) groups is 1. The van der Waals surface area contributed by atoms with Crippen molar-refractivity contribution in [3.05, 3.63) is 10.8 Å². The SMILES string of the molecule is CC(C)Sc1nc(N)c(C(=O)O)nc1Cl. The van der Waals surface area contributed by atoms with Crippen molar-refractivity contribution in [3.8, 4) is 0 Å². The Kier molecular flexibility index (Phi) is 3.76. The maximum absolute atomic E-state index is 10.7. The van der Waals surface area contributed by atoms with Crippen LogP contribution in [0.5, 0.6) is 0 Å². The van der Waals surface area contributed by atoms with Crippen molar-refractivity contribution in [2.45, 2.75) is 24.1 Å². The highest BCUT2D eigenvalue weighted by atomic mass is 35.5. The Morgan fingerprint density at radius 2 is 2.13 bits per heavy atom. The average molecular weight is 248 g/mol. The van der Waals surface area contributed by atoms with Crippen LogP contribution in [0.1, 0.15) is 24.3 Å². The third kappa shape index (κ3) is 2.97. The summed E-state index contributed by atoms with van der Waals surface area (Å²) in [7, 11) is 0. The van der Waals surface area contributed by atoms with Gasteiger partial charge in [0.15, 0.2) is 16.7 Å². The number of anilines is 1. The van der Waals surface area contributed by atoms with Gasteiger partial charge in [0.2, 0.25) is 0 Å². The topological polar surface area (TPSA) is 89.1 Å². The summed E-state index contributed by atoms with van der Waals surface area (Å²) in [5.74, 6) is -1.35. The van der Waals surface area contributed by atoms with E-state index in [4.69, 9.17) is 22.4 Å². The molecule has 1 rings (SSSR count). The zero-order chi connectivity index (χ0) is 11.6. The first-order chi connectivity index (χ1) is 6.91. The Bertz CT molecular complexity index is 398. The molecule has 15 heavy (non-hydrogen) atoms. The number of halogens is 1. The zero-order valence-electron chi connectivity index (χ0n) is 8.19. The van der Waals surface area contributed by atoms with Crippen molar-refractivity contribution in [1.82, 2.24) is 9.97 Å². The van der Waals surface area contributed by atoms with Crippen LogP contribution in [-0.2, 0) is 0 Å². The number of hydrogen-bond donors (Lipinski definition) is 2. The minimum atomic E-state index is -1.23. The lowest BCUT2D eigenvalue weighted by molar-refractivity contribution is 0.0691. The van der Waals surface area contributed by atoms with E-state index in [1.807, 2.05) is 13.8 Å². The van der Waals surface area contributed by atoms with Crippen molar-refractivity contribution in [1.29, 1.82) is 0 Å². The first-order valence-corrected chi connectivity index (χ1v) is 5.40. The van der Waals surface area contributed by atoms with Gasteiger partial charge in [-0.2, -0.15) is 0 Å². The predicted molar refractivity (Wildman–Crippen MR) is 59.4 cm³/mol. The highest BCUT2D eigenvalue weighted by Gasteiger charge is 2.16. The molecule has 1 aromatic heterocycles. The molecule has 0 fully saturated rings. The van der Waals surface area contributed by atoms with E-state index in [0.29, 0.717) is 5.03 Å². The molecular formula is C8H10ClN3O2S. The van der Waals surface area contributed by atoms with Gasteiger partial charge in [-0.3, -0.25) is 0 Å². The highest BCUT2D eigenvalue weighted by Crippen LogP contribution is 2.28. The van der Waals surface area contributed by atoms with E-state index in [1.54, 1.807) is 0 Å². The largest absolute Gasteiger partial charge is 0.476 e. The summed E-state index contributed by atoms with van der Waals surface area (Å²) >= 11 is 7.16. The van der Waals surface area contributed by atoms with Gasteiger partial charge in [0.05, 0.1) is 0 Å². The molecule has 1 heterocycles. The van der Waals surface area contributed by atoms with E-state index < -0.39 is 5.97 Å².